The fourth-order valence-corrected chi connectivity index (χ4v) is 3.64. The Bertz CT molecular complexity index is 264. The van der Waals surface area contributed by atoms with Crippen molar-refractivity contribution in [2.24, 2.45) is 17.6 Å². The second kappa shape index (κ2) is 7.88. The highest BCUT2D eigenvalue weighted by Gasteiger charge is 2.23. The first kappa shape index (κ1) is 14.8. The summed E-state index contributed by atoms with van der Waals surface area (Å²) in [6.45, 7) is 0.820. The summed E-state index contributed by atoms with van der Waals surface area (Å²) in [5, 5.41) is 3.27. The van der Waals surface area contributed by atoms with Crippen molar-refractivity contribution in [1.29, 1.82) is 0 Å². The maximum Gasteiger partial charge on any atom is 0.220 e. The minimum atomic E-state index is 0.295. The van der Waals surface area contributed by atoms with Crippen LogP contribution < -0.4 is 11.1 Å². The third-order valence-electron chi connectivity index (χ3n) is 4.99. The van der Waals surface area contributed by atoms with Crippen molar-refractivity contribution in [2.45, 2.75) is 76.7 Å². The minimum absolute atomic E-state index is 0.295. The fourth-order valence-electron chi connectivity index (χ4n) is 3.64. The highest BCUT2D eigenvalue weighted by molar-refractivity contribution is 5.76. The highest BCUT2D eigenvalue weighted by atomic mass is 16.1. The number of carbonyl (C=O) groups is 1. The van der Waals surface area contributed by atoms with Crippen LogP contribution in [-0.4, -0.2) is 18.5 Å². The van der Waals surface area contributed by atoms with E-state index in [2.05, 4.69) is 5.32 Å². The van der Waals surface area contributed by atoms with Crippen LogP contribution in [0, 0.1) is 11.8 Å². The molecule has 0 radical (unpaired) electrons. The quantitative estimate of drug-likeness (QED) is 0.769. The van der Waals surface area contributed by atoms with Gasteiger partial charge in [0, 0.05) is 12.5 Å². The van der Waals surface area contributed by atoms with Crippen molar-refractivity contribution in [1.82, 2.24) is 5.32 Å². The Hall–Kier alpha value is -0.570. The van der Waals surface area contributed by atoms with E-state index in [1.54, 1.807) is 0 Å². The Morgan fingerprint density at radius 3 is 2.05 bits per heavy atom. The Labute approximate surface area is 117 Å². The standard InChI is InChI=1S/C16H30N2O/c17-12-14-9-7-13(8-10-14)11-16(19)18-15-5-3-1-2-4-6-15/h13-15H,1-12,17H2,(H,18,19). The van der Waals surface area contributed by atoms with Crippen molar-refractivity contribution in [3.05, 3.63) is 0 Å². The Morgan fingerprint density at radius 1 is 0.895 bits per heavy atom. The molecule has 0 heterocycles. The van der Waals surface area contributed by atoms with Crippen LogP contribution in [0.15, 0.2) is 0 Å². The Morgan fingerprint density at radius 2 is 1.47 bits per heavy atom. The number of carbonyl (C=O) groups excluding carboxylic acids is 1. The summed E-state index contributed by atoms with van der Waals surface area (Å²) in [4.78, 5) is 12.1. The van der Waals surface area contributed by atoms with Gasteiger partial charge in [-0.1, -0.05) is 25.7 Å². The van der Waals surface area contributed by atoms with Gasteiger partial charge in [0.05, 0.1) is 0 Å². The molecule has 2 aliphatic carbocycles. The SMILES string of the molecule is NCC1CCC(CC(=O)NC2CCCCCC2)CC1. The zero-order valence-electron chi connectivity index (χ0n) is 12.2. The van der Waals surface area contributed by atoms with Crippen molar-refractivity contribution in [2.75, 3.05) is 6.54 Å². The van der Waals surface area contributed by atoms with Gasteiger partial charge in [0.25, 0.3) is 0 Å². The lowest BCUT2D eigenvalue weighted by Crippen LogP contribution is -2.36. The summed E-state index contributed by atoms with van der Waals surface area (Å²) in [5.74, 6) is 1.61. The van der Waals surface area contributed by atoms with Gasteiger partial charge in [-0.05, 0) is 56.9 Å². The minimum Gasteiger partial charge on any atom is -0.353 e. The van der Waals surface area contributed by atoms with Crippen LogP contribution in [-0.2, 0) is 4.79 Å². The third-order valence-corrected chi connectivity index (χ3v) is 4.99. The van der Waals surface area contributed by atoms with Gasteiger partial charge >= 0.3 is 0 Å². The molecule has 2 aliphatic rings. The van der Waals surface area contributed by atoms with Gasteiger partial charge in [-0.3, -0.25) is 4.79 Å². The van der Waals surface area contributed by atoms with Gasteiger partial charge in [0.1, 0.15) is 0 Å². The molecule has 110 valence electrons. The second-order valence-corrected chi connectivity index (χ2v) is 6.58. The maximum atomic E-state index is 12.1. The van der Waals surface area contributed by atoms with E-state index in [1.807, 2.05) is 0 Å². The van der Waals surface area contributed by atoms with Crippen LogP contribution in [0.4, 0.5) is 0 Å². The van der Waals surface area contributed by atoms with Crippen molar-refractivity contribution >= 4 is 5.91 Å². The van der Waals surface area contributed by atoms with E-state index in [9.17, 15) is 4.79 Å². The Balaban J connectivity index is 1.66. The zero-order valence-corrected chi connectivity index (χ0v) is 12.2. The summed E-state index contributed by atoms with van der Waals surface area (Å²) in [6.07, 6.45) is 13.2. The average Bonchev–Trinajstić information content (AvgIpc) is 2.68. The van der Waals surface area contributed by atoms with Gasteiger partial charge in [0.15, 0.2) is 0 Å². The van der Waals surface area contributed by atoms with Crippen LogP contribution in [0.3, 0.4) is 0 Å². The molecule has 0 aliphatic heterocycles. The summed E-state index contributed by atoms with van der Waals surface area (Å²) < 4.78 is 0. The molecule has 19 heavy (non-hydrogen) atoms. The normalized spacial score (nSPS) is 29.7. The topological polar surface area (TPSA) is 55.1 Å². The molecule has 3 nitrogen and oxygen atoms in total. The summed E-state index contributed by atoms with van der Waals surface area (Å²) in [5.41, 5.74) is 5.71. The molecule has 1 amide bonds. The first-order valence-electron chi connectivity index (χ1n) is 8.27. The van der Waals surface area contributed by atoms with Gasteiger partial charge in [-0.2, -0.15) is 0 Å². The van der Waals surface area contributed by atoms with E-state index in [-0.39, 0.29) is 0 Å². The number of amides is 1. The number of hydrogen-bond acceptors (Lipinski definition) is 2. The van der Waals surface area contributed by atoms with Crippen LogP contribution in [0.25, 0.3) is 0 Å². The van der Waals surface area contributed by atoms with Crippen LogP contribution in [0.5, 0.6) is 0 Å². The van der Waals surface area contributed by atoms with Gasteiger partial charge < -0.3 is 11.1 Å². The zero-order chi connectivity index (χ0) is 13.5. The predicted octanol–water partition coefficient (Wildman–Crippen LogP) is 2.98. The molecule has 0 bridgehead atoms. The molecule has 0 aromatic heterocycles. The maximum absolute atomic E-state index is 12.1. The number of rotatable bonds is 4. The van der Waals surface area contributed by atoms with Gasteiger partial charge in [-0.25, -0.2) is 0 Å². The van der Waals surface area contributed by atoms with E-state index < -0.39 is 0 Å². The molecule has 2 rings (SSSR count). The molecular weight excluding hydrogens is 236 g/mol. The third kappa shape index (κ3) is 5.13. The molecule has 0 aromatic carbocycles. The predicted molar refractivity (Wildman–Crippen MR) is 78.8 cm³/mol. The lowest BCUT2D eigenvalue weighted by molar-refractivity contribution is -0.123. The molecule has 2 saturated carbocycles. The van der Waals surface area contributed by atoms with E-state index in [0.29, 0.717) is 23.8 Å². The monoisotopic (exact) mass is 266 g/mol. The second-order valence-electron chi connectivity index (χ2n) is 6.58. The molecule has 3 N–H and O–H groups in total. The number of nitrogens with two attached hydrogens (primary N) is 1. The number of hydrogen-bond donors (Lipinski definition) is 2. The molecule has 0 saturated heterocycles. The number of nitrogens with one attached hydrogen (secondary N) is 1. The van der Waals surface area contributed by atoms with Crippen molar-refractivity contribution < 1.29 is 4.79 Å². The molecule has 0 spiro atoms. The van der Waals surface area contributed by atoms with Crippen LogP contribution >= 0.6 is 0 Å². The first-order chi connectivity index (χ1) is 9.28. The largest absolute Gasteiger partial charge is 0.353 e. The summed E-state index contributed by atoms with van der Waals surface area (Å²) in [7, 11) is 0. The van der Waals surface area contributed by atoms with Crippen LogP contribution in [0.1, 0.15) is 70.6 Å². The summed E-state index contributed by atoms with van der Waals surface area (Å²) in [6, 6.07) is 0.454. The van der Waals surface area contributed by atoms with Crippen LogP contribution in [0.2, 0.25) is 0 Å². The van der Waals surface area contributed by atoms with E-state index in [0.717, 1.165) is 13.0 Å². The van der Waals surface area contributed by atoms with E-state index >= 15 is 0 Å². The van der Waals surface area contributed by atoms with E-state index in [1.165, 1.54) is 64.2 Å². The summed E-state index contributed by atoms with van der Waals surface area (Å²) >= 11 is 0. The lowest BCUT2D eigenvalue weighted by atomic mass is 9.80. The molecule has 3 heteroatoms. The molecule has 0 aromatic rings. The molecule has 2 fully saturated rings. The average molecular weight is 266 g/mol. The molecular formula is C16H30N2O. The van der Waals surface area contributed by atoms with Crippen molar-refractivity contribution in [3.63, 3.8) is 0 Å². The fraction of sp³-hybridized carbons (Fsp3) is 0.938. The highest BCUT2D eigenvalue weighted by Crippen LogP contribution is 2.30. The van der Waals surface area contributed by atoms with Gasteiger partial charge in [0.2, 0.25) is 5.91 Å². The molecule has 0 atom stereocenters. The van der Waals surface area contributed by atoms with Gasteiger partial charge in [-0.15, -0.1) is 0 Å². The smallest absolute Gasteiger partial charge is 0.220 e. The first-order valence-corrected chi connectivity index (χ1v) is 8.27. The van der Waals surface area contributed by atoms with Crippen molar-refractivity contribution in [3.8, 4) is 0 Å². The molecule has 0 unspecified atom stereocenters. The lowest BCUT2D eigenvalue weighted by Gasteiger charge is -2.27. The Kier molecular flexibility index (Phi) is 6.15. The van der Waals surface area contributed by atoms with E-state index in [4.69, 9.17) is 5.73 Å².